The molecule has 1 aromatic carbocycles. The van der Waals surface area contributed by atoms with Gasteiger partial charge in [-0.2, -0.15) is 13.2 Å². The van der Waals surface area contributed by atoms with Gasteiger partial charge in [0.15, 0.2) is 0 Å². The van der Waals surface area contributed by atoms with E-state index in [2.05, 4.69) is 4.98 Å². The maximum Gasteiger partial charge on any atom is 0.433 e. The Labute approximate surface area is 122 Å². The van der Waals surface area contributed by atoms with Gasteiger partial charge in [0.25, 0.3) is 0 Å². The van der Waals surface area contributed by atoms with Gasteiger partial charge in [-0.25, -0.2) is 4.98 Å². The highest BCUT2D eigenvalue weighted by Gasteiger charge is 2.33. The maximum atomic E-state index is 13.0. The molecule has 0 saturated heterocycles. The van der Waals surface area contributed by atoms with Gasteiger partial charge in [-0.05, 0) is 35.7 Å². The van der Waals surface area contributed by atoms with Crippen molar-refractivity contribution in [3.05, 3.63) is 47.5 Å². The Kier molecular flexibility index (Phi) is 3.33. The Balaban J connectivity index is 2.34. The molecule has 0 atom stereocenters. The number of alkyl halides is 3. The highest BCUT2D eigenvalue weighted by atomic mass is 32.1. The Morgan fingerprint density at radius 1 is 1.14 bits per heavy atom. The van der Waals surface area contributed by atoms with Crippen LogP contribution in [0.1, 0.15) is 5.69 Å². The average molecular weight is 309 g/mol. The molecule has 0 N–H and O–H groups in total. The number of ether oxygens (including phenoxy) is 1. The summed E-state index contributed by atoms with van der Waals surface area (Å²) in [5.41, 5.74) is -0.0705. The largest absolute Gasteiger partial charge is 0.497 e. The molecule has 0 spiro atoms. The van der Waals surface area contributed by atoms with Crippen LogP contribution in [-0.2, 0) is 6.18 Å². The lowest BCUT2D eigenvalue weighted by atomic mass is 10.1. The second kappa shape index (κ2) is 5.04. The van der Waals surface area contributed by atoms with E-state index in [1.165, 1.54) is 18.4 Å². The predicted octanol–water partition coefficient (Wildman–Crippen LogP) is 4.99. The molecule has 0 aliphatic heterocycles. The monoisotopic (exact) mass is 309 g/mol. The maximum absolute atomic E-state index is 13.0. The second-order valence-electron chi connectivity index (χ2n) is 4.41. The zero-order valence-corrected chi connectivity index (χ0v) is 11.8. The van der Waals surface area contributed by atoms with Crippen molar-refractivity contribution in [1.29, 1.82) is 0 Å². The molecule has 2 aromatic heterocycles. The fourth-order valence-electron chi connectivity index (χ4n) is 2.11. The Morgan fingerprint density at radius 3 is 2.57 bits per heavy atom. The number of hydrogen-bond acceptors (Lipinski definition) is 3. The fraction of sp³-hybridized carbons (Fsp3) is 0.133. The van der Waals surface area contributed by atoms with E-state index < -0.39 is 11.9 Å². The van der Waals surface area contributed by atoms with Gasteiger partial charge in [-0.1, -0.05) is 6.07 Å². The fourth-order valence-corrected chi connectivity index (χ4v) is 2.87. The van der Waals surface area contributed by atoms with E-state index in [-0.39, 0.29) is 0 Å². The van der Waals surface area contributed by atoms with Crippen molar-refractivity contribution >= 4 is 22.2 Å². The first-order chi connectivity index (χ1) is 9.99. The minimum Gasteiger partial charge on any atom is -0.497 e. The van der Waals surface area contributed by atoms with Crippen LogP contribution in [0.2, 0.25) is 0 Å². The summed E-state index contributed by atoms with van der Waals surface area (Å²) in [7, 11) is 1.52. The molecule has 0 aliphatic rings. The number of nitrogens with zero attached hydrogens (tertiary/aromatic N) is 1. The first-order valence-electron chi connectivity index (χ1n) is 6.09. The van der Waals surface area contributed by atoms with Crippen molar-refractivity contribution in [2.45, 2.75) is 6.18 Å². The number of halogens is 3. The third-order valence-corrected chi connectivity index (χ3v) is 4.00. The predicted molar refractivity (Wildman–Crippen MR) is 76.6 cm³/mol. The summed E-state index contributed by atoms with van der Waals surface area (Å²) in [5.74, 6) is 0.585. The minimum absolute atomic E-state index is 0.300. The van der Waals surface area contributed by atoms with Crippen LogP contribution in [0, 0.1) is 0 Å². The molecule has 21 heavy (non-hydrogen) atoms. The summed E-state index contributed by atoms with van der Waals surface area (Å²) in [6.45, 7) is 0. The van der Waals surface area contributed by atoms with E-state index in [1.54, 1.807) is 30.3 Å². The summed E-state index contributed by atoms with van der Waals surface area (Å²) >= 11 is 1.39. The first-order valence-corrected chi connectivity index (χ1v) is 6.97. The van der Waals surface area contributed by atoms with Crippen LogP contribution in [0.4, 0.5) is 13.2 Å². The van der Waals surface area contributed by atoms with E-state index in [9.17, 15) is 13.2 Å². The van der Waals surface area contributed by atoms with Gasteiger partial charge >= 0.3 is 6.18 Å². The number of benzene rings is 1. The molecule has 0 radical (unpaired) electrons. The molecular formula is C15H10F3NOS. The topological polar surface area (TPSA) is 22.1 Å². The molecule has 108 valence electrons. The second-order valence-corrected chi connectivity index (χ2v) is 5.36. The van der Waals surface area contributed by atoms with Gasteiger partial charge in [0.1, 0.15) is 11.4 Å². The van der Waals surface area contributed by atoms with Crippen molar-refractivity contribution in [1.82, 2.24) is 4.98 Å². The van der Waals surface area contributed by atoms with Gasteiger partial charge < -0.3 is 4.74 Å². The Morgan fingerprint density at radius 2 is 1.95 bits per heavy atom. The quantitative estimate of drug-likeness (QED) is 0.665. The number of pyridine rings is 1. The van der Waals surface area contributed by atoms with Gasteiger partial charge in [0.2, 0.25) is 0 Å². The molecule has 0 saturated carbocycles. The van der Waals surface area contributed by atoms with Crippen LogP contribution in [0.15, 0.2) is 41.8 Å². The van der Waals surface area contributed by atoms with E-state index in [1.807, 2.05) is 5.38 Å². The first kappa shape index (κ1) is 13.9. The molecule has 0 bridgehead atoms. The van der Waals surface area contributed by atoms with Gasteiger partial charge in [0.05, 0.1) is 12.6 Å². The molecule has 3 rings (SSSR count). The molecule has 2 heterocycles. The molecule has 2 nitrogen and oxygen atoms in total. The van der Waals surface area contributed by atoms with Crippen molar-refractivity contribution in [2.24, 2.45) is 0 Å². The molecule has 0 fully saturated rings. The zero-order valence-electron chi connectivity index (χ0n) is 10.9. The summed E-state index contributed by atoms with van der Waals surface area (Å²) in [5, 5.41) is 2.47. The smallest absolute Gasteiger partial charge is 0.433 e. The summed E-state index contributed by atoms with van der Waals surface area (Å²) in [6, 6.07) is 9.54. The lowest BCUT2D eigenvalue weighted by Crippen LogP contribution is -2.08. The third kappa shape index (κ3) is 2.58. The normalized spacial score (nSPS) is 11.8. The van der Waals surface area contributed by atoms with Crippen LogP contribution in [0.25, 0.3) is 21.3 Å². The SMILES string of the molecule is COc1ccc2nc(C(F)(F)F)cc(-c3cccs3)c2c1. The number of aromatic nitrogens is 1. The minimum atomic E-state index is -4.47. The van der Waals surface area contributed by atoms with Gasteiger partial charge in [0, 0.05) is 15.8 Å². The zero-order chi connectivity index (χ0) is 15.0. The Hall–Kier alpha value is -2.08. The van der Waals surface area contributed by atoms with E-state index in [0.717, 1.165) is 10.9 Å². The van der Waals surface area contributed by atoms with Crippen molar-refractivity contribution in [3.8, 4) is 16.2 Å². The molecular weight excluding hydrogens is 299 g/mol. The number of rotatable bonds is 2. The Bertz CT molecular complexity index is 781. The number of hydrogen-bond donors (Lipinski definition) is 0. The molecule has 3 aromatic rings. The van der Waals surface area contributed by atoms with E-state index >= 15 is 0 Å². The van der Waals surface area contributed by atoms with Crippen LogP contribution < -0.4 is 4.74 Å². The summed E-state index contributed by atoms with van der Waals surface area (Å²) in [6.07, 6.45) is -4.47. The number of fused-ring (bicyclic) bond motifs is 1. The number of methoxy groups -OCH3 is 1. The summed E-state index contributed by atoms with van der Waals surface area (Å²) in [4.78, 5) is 4.48. The lowest BCUT2D eigenvalue weighted by Gasteiger charge is -2.11. The van der Waals surface area contributed by atoms with Crippen molar-refractivity contribution in [2.75, 3.05) is 7.11 Å². The lowest BCUT2D eigenvalue weighted by molar-refractivity contribution is -0.140. The standard InChI is InChI=1S/C15H10F3NOS/c1-20-9-4-5-12-10(7-9)11(13-3-2-6-21-13)8-14(19-12)15(16,17)18/h2-8H,1H3. The van der Waals surface area contributed by atoms with E-state index in [0.29, 0.717) is 22.2 Å². The van der Waals surface area contributed by atoms with Gasteiger partial charge in [-0.15, -0.1) is 11.3 Å². The van der Waals surface area contributed by atoms with Crippen LogP contribution in [0.3, 0.4) is 0 Å². The number of thiophene rings is 1. The van der Waals surface area contributed by atoms with Crippen molar-refractivity contribution in [3.63, 3.8) is 0 Å². The van der Waals surface area contributed by atoms with Crippen LogP contribution in [0.5, 0.6) is 5.75 Å². The van der Waals surface area contributed by atoms with E-state index in [4.69, 9.17) is 4.74 Å². The highest BCUT2D eigenvalue weighted by molar-refractivity contribution is 7.13. The highest BCUT2D eigenvalue weighted by Crippen LogP contribution is 2.37. The summed E-state index contributed by atoms with van der Waals surface area (Å²) < 4.78 is 44.1. The molecule has 0 aliphatic carbocycles. The average Bonchev–Trinajstić information content (AvgIpc) is 2.98. The van der Waals surface area contributed by atoms with Gasteiger partial charge in [-0.3, -0.25) is 0 Å². The molecule has 0 unspecified atom stereocenters. The van der Waals surface area contributed by atoms with Crippen molar-refractivity contribution < 1.29 is 17.9 Å². The molecule has 0 amide bonds. The van der Waals surface area contributed by atoms with Crippen LogP contribution >= 0.6 is 11.3 Å². The van der Waals surface area contributed by atoms with Crippen LogP contribution in [-0.4, -0.2) is 12.1 Å². The third-order valence-electron chi connectivity index (χ3n) is 3.09. The molecule has 6 heteroatoms.